The highest BCUT2D eigenvalue weighted by Gasteiger charge is 2.33. The zero-order valence-corrected chi connectivity index (χ0v) is 17.7. The molecule has 0 bridgehead atoms. The number of hydrogen-bond donors (Lipinski definition) is 0. The van der Waals surface area contributed by atoms with Gasteiger partial charge in [-0.1, -0.05) is 6.07 Å². The molecule has 1 aromatic carbocycles. The molecule has 2 heterocycles. The highest BCUT2D eigenvalue weighted by molar-refractivity contribution is 7.89. The smallest absolute Gasteiger partial charge is 0.419 e. The average molecular weight is 458 g/mol. The molecule has 1 aliphatic rings. The predicted molar refractivity (Wildman–Crippen MR) is 105 cm³/mol. The number of carbonyl (C=O) groups excluding carboxylic acids is 1. The molecule has 0 N–H and O–H groups in total. The topological polar surface area (TPSA) is 92.7 Å². The van der Waals surface area contributed by atoms with Gasteiger partial charge >= 0.3 is 12.1 Å². The van der Waals surface area contributed by atoms with Crippen molar-refractivity contribution >= 4 is 21.9 Å². The molecule has 0 radical (unpaired) electrons. The minimum absolute atomic E-state index is 0.0370. The summed E-state index contributed by atoms with van der Waals surface area (Å²) in [4.78, 5) is 20.8. The SMILES string of the molecule is COC(=O)Cc1cc(S(=O)(=O)N2CCN(c3ncc(C(F)(F)F)cn3)CC2)ccc1C. The van der Waals surface area contributed by atoms with Crippen molar-refractivity contribution in [2.24, 2.45) is 0 Å². The Morgan fingerprint density at radius 2 is 1.74 bits per heavy atom. The number of aromatic nitrogens is 2. The molecule has 0 atom stereocenters. The number of methoxy groups -OCH3 is 1. The lowest BCUT2D eigenvalue weighted by Crippen LogP contribution is -2.49. The molecule has 1 aromatic heterocycles. The normalized spacial score (nSPS) is 15.7. The fourth-order valence-electron chi connectivity index (χ4n) is 3.13. The van der Waals surface area contributed by atoms with E-state index in [1.807, 2.05) is 0 Å². The number of sulfonamides is 1. The van der Waals surface area contributed by atoms with Crippen LogP contribution in [0.2, 0.25) is 0 Å². The highest BCUT2D eigenvalue weighted by atomic mass is 32.2. The maximum Gasteiger partial charge on any atom is 0.419 e. The van der Waals surface area contributed by atoms with E-state index in [4.69, 9.17) is 0 Å². The number of hydrogen-bond acceptors (Lipinski definition) is 7. The van der Waals surface area contributed by atoms with Crippen LogP contribution in [0.3, 0.4) is 0 Å². The number of carbonyl (C=O) groups is 1. The van der Waals surface area contributed by atoms with Crippen LogP contribution in [0.1, 0.15) is 16.7 Å². The Labute approximate surface area is 177 Å². The first-order valence-corrected chi connectivity index (χ1v) is 10.8. The number of anilines is 1. The lowest BCUT2D eigenvalue weighted by molar-refractivity contribution is -0.140. The van der Waals surface area contributed by atoms with E-state index in [2.05, 4.69) is 14.7 Å². The van der Waals surface area contributed by atoms with Crippen molar-refractivity contribution in [1.29, 1.82) is 0 Å². The zero-order valence-electron chi connectivity index (χ0n) is 16.9. The summed E-state index contributed by atoms with van der Waals surface area (Å²) >= 11 is 0. The largest absolute Gasteiger partial charge is 0.469 e. The van der Waals surface area contributed by atoms with Gasteiger partial charge in [-0.3, -0.25) is 4.79 Å². The standard InChI is InChI=1S/C19H21F3N4O4S/c1-13-3-4-16(9-14(13)10-17(27)30-2)31(28,29)26-7-5-25(6-8-26)18-23-11-15(12-24-18)19(20,21)22/h3-4,9,11-12H,5-8,10H2,1-2H3. The summed E-state index contributed by atoms with van der Waals surface area (Å²) in [5.41, 5.74) is 0.387. The summed E-state index contributed by atoms with van der Waals surface area (Å²) < 4.78 is 70.0. The fourth-order valence-corrected chi connectivity index (χ4v) is 4.61. The van der Waals surface area contributed by atoms with Gasteiger partial charge in [-0.2, -0.15) is 17.5 Å². The van der Waals surface area contributed by atoms with Crippen molar-refractivity contribution in [3.05, 3.63) is 47.3 Å². The number of piperazine rings is 1. The number of ether oxygens (including phenoxy) is 1. The van der Waals surface area contributed by atoms with Gasteiger partial charge < -0.3 is 9.64 Å². The van der Waals surface area contributed by atoms with Crippen LogP contribution in [0.4, 0.5) is 19.1 Å². The van der Waals surface area contributed by atoms with E-state index < -0.39 is 27.7 Å². The van der Waals surface area contributed by atoms with Crippen LogP contribution in [-0.2, 0) is 32.2 Å². The fraction of sp³-hybridized carbons (Fsp3) is 0.421. The quantitative estimate of drug-likeness (QED) is 0.633. The summed E-state index contributed by atoms with van der Waals surface area (Å²) in [7, 11) is -2.55. The summed E-state index contributed by atoms with van der Waals surface area (Å²) in [6.07, 6.45) is -3.14. The van der Waals surface area contributed by atoms with Gasteiger partial charge in [0.2, 0.25) is 16.0 Å². The van der Waals surface area contributed by atoms with Crippen molar-refractivity contribution in [1.82, 2.24) is 14.3 Å². The number of benzene rings is 1. The van der Waals surface area contributed by atoms with Crippen molar-refractivity contribution < 1.29 is 31.1 Å². The minimum atomic E-state index is -4.52. The van der Waals surface area contributed by atoms with Crippen LogP contribution in [0, 0.1) is 6.92 Å². The Morgan fingerprint density at radius 1 is 1.13 bits per heavy atom. The molecule has 2 aromatic rings. The predicted octanol–water partition coefficient (Wildman–Crippen LogP) is 2.03. The van der Waals surface area contributed by atoms with Gasteiger partial charge in [0.15, 0.2) is 0 Å². The molecule has 168 valence electrons. The van der Waals surface area contributed by atoms with Crippen molar-refractivity contribution in [2.45, 2.75) is 24.4 Å². The number of halogens is 3. The van der Waals surface area contributed by atoms with Gasteiger partial charge in [-0.05, 0) is 30.2 Å². The minimum Gasteiger partial charge on any atom is -0.469 e. The second-order valence-corrected chi connectivity index (χ2v) is 8.94. The molecule has 0 amide bonds. The van der Waals surface area contributed by atoms with Gasteiger partial charge in [0, 0.05) is 38.6 Å². The molecule has 0 saturated carbocycles. The zero-order chi connectivity index (χ0) is 22.8. The van der Waals surface area contributed by atoms with Gasteiger partial charge in [-0.15, -0.1) is 0 Å². The molecule has 3 rings (SSSR count). The van der Waals surface area contributed by atoms with Gasteiger partial charge in [0.05, 0.1) is 24.0 Å². The maximum absolute atomic E-state index is 13.0. The lowest BCUT2D eigenvalue weighted by atomic mass is 10.1. The molecule has 12 heteroatoms. The lowest BCUT2D eigenvalue weighted by Gasteiger charge is -2.34. The molecule has 8 nitrogen and oxygen atoms in total. The third kappa shape index (κ3) is 5.13. The van der Waals surface area contributed by atoms with Crippen LogP contribution < -0.4 is 4.90 Å². The molecular weight excluding hydrogens is 437 g/mol. The molecule has 0 aliphatic carbocycles. The monoisotopic (exact) mass is 458 g/mol. The summed E-state index contributed by atoms with van der Waals surface area (Å²) in [6, 6.07) is 4.58. The van der Waals surface area contributed by atoms with Gasteiger partial charge in [0.1, 0.15) is 0 Å². The first kappa shape index (κ1) is 22.9. The van der Waals surface area contributed by atoms with Crippen molar-refractivity contribution in [3.63, 3.8) is 0 Å². The third-order valence-corrected chi connectivity index (χ3v) is 6.90. The molecule has 31 heavy (non-hydrogen) atoms. The highest BCUT2D eigenvalue weighted by Crippen LogP contribution is 2.28. The van der Waals surface area contributed by atoms with Crippen LogP contribution in [0.15, 0.2) is 35.5 Å². The molecule has 1 aliphatic heterocycles. The molecule has 0 spiro atoms. The van der Waals surface area contributed by atoms with Gasteiger partial charge in [-0.25, -0.2) is 18.4 Å². The first-order valence-electron chi connectivity index (χ1n) is 9.33. The second kappa shape index (κ2) is 8.79. The molecule has 1 saturated heterocycles. The van der Waals surface area contributed by atoms with Crippen LogP contribution in [0.5, 0.6) is 0 Å². The Hall–Kier alpha value is -2.73. The number of esters is 1. The van der Waals surface area contributed by atoms with E-state index in [1.54, 1.807) is 17.9 Å². The number of nitrogens with zero attached hydrogens (tertiary/aromatic N) is 4. The summed E-state index contributed by atoms with van der Waals surface area (Å²) in [5.74, 6) is -0.358. The maximum atomic E-state index is 13.0. The second-order valence-electron chi connectivity index (χ2n) is 7.00. The average Bonchev–Trinajstić information content (AvgIpc) is 2.74. The van der Waals surface area contributed by atoms with Crippen LogP contribution in [-0.4, -0.2) is 61.9 Å². The van der Waals surface area contributed by atoms with Crippen LogP contribution >= 0.6 is 0 Å². The van der Waals surface area contributed by atoms with E-state index in [1.165, 1.54) is 23.5 Å². The Balaban J connectivity index is 1.71. The Kier molecular flexibility index (Phi) is 6.51. The Morgan fingerprint density at radius 3 is 2.29 bits per heavy atom. The van der Waals surface area contributed by atoms with E-state index in [0.717, 1.165) is 5.56 Å². The third-order valence-electron chi connectivity index (χ3n) is 5.01. The molecular formula is C19H21F3N4O4S. The van der Waals surface area contributed by atoms with Gasteiger partial charge in [0.25, 0.3) is 0 Å². The van der Waals surface area contributed by atoms with E-state index in [0.29, 0.717) is 18.0 Å². The summed E-state index contributed by atoms with van der Waals surface area (Å²) in [6.45, 7) is 2.47. The van der Waals surface area contributed by atoms with Crippen molar-refractivity contribution in [3.8, 4) is 0 Å². The first-order chi connectivity index (χ1) is 14.5. The Bertz CT molecular complexity index is 1050. The van der Waals surface area contributed by atoms with E-state index in [9.17, 15) is 26.4 Å². The van der Waals surface area contributed by atoms with E-state index >= 15 is 0 Å². The summed E-state index contributed by atoms with van der Waals surface area (Å²) in [5, 5.41) is 0. The molecule has 0 unspecified atom stereocenters. The number of rotatable bonds is 5. The van der Waals surface area contributed by atoms with Crippen LogP contribution in [0.25, 0.3) is 0 Å². The number of alkyl halides is 3. The van der Waals surface area contributed by atoms with Crippen molar-refractivity contribution in [2.75, 3.05) is 38.2 Å². The van der Waals surface area contributed by atoms with E-state index in [-0.39, 0.29) is 43.4 Å². The molecule has 1 fully saturated rings. The number of aryl methyl sites for hydroxylation is 1.